The fourth-order valence-electron chi connectivity index (χ4n) is 18.3. The number of allylic oxidation sites excluding steroid dienone is 7. The Kier molecular flexibility index (Phi) is 32.3. The van der Waals surface area contributed by atoms with Crippen molar-refractivity contribution >= 4 is 58.7 Å². The summed E-state index contributed by atoms with van der Waals surface area (Å²) in [6, 6.07) is -1.23. The van der Waals surface area contributed by atoms with Crippen LogP contribution in [0.1, 0.15) is 204 Å². The normalized spacial score (nSPS) is 36.2. The summed E-state index contributed by atoms with van der Waals surface area (Å²) in [6.45, 7) is 19.6. The lowest BCUT2D eigenvalue weighted by Crippen LogP contribution is -2.61. The number of hydrogen-bond acceptors (Lipinski definition) is 24. The van der Waals surface area contributed by atoms with Gasteiger partial charge in [0.05, 0.1) is 35.9 Å². The number of carbonyl (C=O) groups is 10. The molecule has 111 heavy (non-hydrogen) atoms. The van der Waals surface area contributed by atoms with Gasteiger partial charge in [-0.25, -0.2) is 9.59 Å². The van der Waals surface area contributed by atoms with Crippen LogP contribution in [0.2, 0.25) is 0 Å². The van der Waals surface area contributed by atoms with E-state index in [-0.39, 0.29) is 104 Å². The van der Waals surface area contributed by atoms with E-state index in [1.54, 1.807) is 68.0 Å². The average molecular weight is 1550 g/mol. The van der Waals surface area contributed by atoms with Gasteiger partial charge in [-0.1, -0.05) is 90.8 Å². The Hall–Kier alpha value is -6.84. The van der Waals surface area contributed by atoms with Crippen LogP contribution in [0.4, 0.5) is 0 Å². The van der Waals surface area contributed by atoms with Gasteiger partial charge in [-0.15, -0.1) is 0 Å². The molecule has 2 saturated carbocycles. The summed E-state index contributed by atoms with van der Waals surface area (Å²) in [6.07, 6.45) is 11.8. The number of aliphatic hydroxyl groups is 3. The highest BCUT2D eigenvalue weighted by molar-refractivity contribution is 6.39. The van der Waals surface area contributed by atoms with Gasteiger partial charge in [0.1, 0.15) is 54.2 Å². The van der Waals surface area contributed by atoms with Crippen molar-refractivity contribution in [3.63, 3.8) is 0 Å². The van der Waals surface area contributed by atoms with Crippen molar-refractivity contribution in [3.05, 3.63) is 81.9 Å². The van der Waals surface area contributed by atoms with Crippen LogP contribution >= 0.6 is 0 Å². The van der Waals surface area contributed by atoms with Crippen LogP contribution in [-0.2, 0) is 90.6 Å². The third kappa shape index (κ3) is 21.0. The molecule has 4 aliphatic heterocycles. The van der Waals surface area contributed by atoms with E-state index in [2.05, 4.69) is 0 Å². The van der Waals surface area contributed by atoms with Crippen LogP contribution in [0.15, 0.2) is 81.9 Å². The molecule has 8 rings (SSSR count). The van der Waals surface area contributed by atoms with Gasteiger partial charge in [-0.3, -0.25) is 38.4 Å². The molecule has 618 valence electrons. The van der Waals surface area contributed by atoms with E-state index < -0.39 is 154 Å². The first-order valence-corrected chi connectivity index (χ1v) is 40.6. The van der Waals surface area contributed by atoms with Crippen LogP contribution in [0, 0.1) is 52.3 Å². The molecule has 0 aromatic heterocycles. The molecule has 2 bridgehead atoms. The van der Waals surface area contributed by atoms with Crippen molar-refractivity contribution in [1.29, 1.82) is 0 Å². The molecule has 1 unspecified atom stereocenters. The number of unbranched alkanes of at least 4 members (excludes halogenated alkanes) is 3. The quantitative estimate of drug-likeness (QED) is 0.0226. The van der Waals surface area contributed by atoms with Gasteiger partial charge in [-0.2, -0.15) is 0 Å². The highest BCUT2D eigenvalue weighted by Crippen LogP contribution is 2.63. The monoisotopic (exact) mass is 1550 g/mol. The number of hydrogen-bond donors (Lipinski definition) is 3. The Morgan fingerprint density at radius 1 is 0.784 bits per heavy atom. The van der Waals surface area contributed by atoms with Gasteiger partial charge in [-0.05, 0) is 160 Å². The van der Waals surface area contributed by atoms with Crippen molar-refractivity contribution < 1.29 is 106 Å². The third-order valence-electron chi connectivity index (χ3n) is 25.2. The first-order valence-electron chi connectivity index (χ1n) is 40.6. The number of ketones is 5. The zero-order chi connectivity index (χ0) is 81.6. The SMILES string of the molecule is CCN(/C=C1/C(=O)O[C@H](COC)[C@@]2(C)C1=C(O)C(=O)C1=C2[C@H](OC(=O)CCCCCCC(=O)O[C@@H]2CCC(C[C@H](C)[C@@H]3CC(=O)[C@H](C)/C=C(\C)[C@@H](O)[C@@H](OC)C(=O)[C@H](C)C[C@H](C)/C=C/C=C/C=C(\C)[C@@H](OC)C[C@@H]4CC[C@@H](C)[C@@](O)(O4)C(=O)C(=O)N4CCCC[C@H]4C(=O)O3)C[C@H]2OC)C[C@]2(C)C(=O)CC[C@@H]12)CCN(C)C. The summed E-state index contributed by atoms with van der Waals surface area (Å²) in [5, 5.41) is 36.0. The molecule has 0 spiro atoms. The molecule has 4 aliphatic carbocycles. The summed E-state index contributed by atoms with van der Waals surface area (Å²) in [5.41, 5.74) is -0.584. The number of likely N-dealkylation sites (N-methyl/N-ethyl adjacent to an activating group) is 2. The fraction of sp³-hybridized carbons (Fsp3) is 0.721. The van der Waals surface area contributed by atoms with Gasteiger partial charge in [0, 0.05) is 140 Å². The lowest BCUT2D eigenvalue weighted by atomic mass is 9.53. The molecule has 3 saturated heterocycles. The highest BCUT2D eigenvalue weighted by atomic mass is 16.6. The van der Waals surface area contributed by atoms with E-state index in [1.165, 1.54) is 19.1 Å². The number of rotatable bonds is 22. The zero-order valence-corrected chi connectivity index (χ0v) is 68.7. The van der Waals surface area contributed by atoms with Crippen LogP contribution in [-0.4, -0.2) is 231 Å². The number of carbonyl (C=O) groups excluding carboxylic acids is 10. The number of methoxy groups -OCH3 is 4. The summed E-state index contributed by atoms with van der Waals surface area (Å²) in [4.78, 5) is 148. The summed E-state index contributed by atoms with van der Waals surface area (Å²) >= 11 is 0. The number of Topliss-reactive ketones (excluding diaryl/α,β-unsaturated/α-hetero) is 5. The Bertz CT molecular complexity index is 3610. The Labute approximate surface area is 656 Å². The molecule has 25 nitrogen and oxygen atoms in total. The number of esters is 4. The van der Waals surface area contributed by atoms with Crippen molar-refractivity contribution in [2.24, 2.45) is 52.3 Å². The van der Waals surface area contributed by atoms with Crippen LogP contribution in [0.5, 0.6) is 0 Å². The standard InChI is InChI=1S/C86H127N3O22/c1-17-88(40-39-87(11)12)48-59-73-78(97)77(96)72-60-35-37-68(91)84(60,9)47-67(74(72)85(73,10)69(49-103-13)110-82(59)100)108-71(93)31-24-19-18-23-30-70(92)107-63-36-33-57(44-66(63)105-15)43-53(5)65-46-62(90)52(4)42-55(7)76(95)79(106-16)75(94)54(6)41-50(2)27-21-20-22-28-51(3)64(104-14)45-58-34-32-56(8)86(102,111-58)80(98)81(99)89-38-26-25-29-61(89)83(101)109-65/h20-22,27-28,42,48,50,52-54,56-58,60-61,63-67,69,76,79,95,97,102H,17-19,23-26,29-41,43-47,49H2,1-16H3/b22-20+,27-21+,51-28+,55-42+,59-48+/t50-,52-,53+,54-,56-,57?,58+,60+,61+,63-,64+,65+,66-,67-,69-,76-,79+,84+,85+,86-/m1/s1. The molecule has 20 atom stereocenters. The Morgan fingerprint density at radius 3 is 2.14 bits per heavy atom. The summed E-state index contributed by atoms with van der Waals surface area (Å²) in [7, 11) is 9.79. The van der Waals surface area contributed by atoms with Gasteiger partial charge in [0.25, 0.3) is 11.7 Å². The molecular weight excluding hydrogens is 1430 g/mol. The van der Waals surface area contributed by atoms with Crippen molar-refractivity contribution in [2.75, 3.05) is 75.3 Å². The minimum Gasteiger partial charge on any atom is -0.504 e. The maximum absolute atomic E-state index is 14.8. The lowest BCUT2D eigenvalue weighted by molar-refractivity contribution is -0.265. The summed E-state index contributed by atoms with van der Waals surface area (Å²) in [5.74, 6) is -12.5. The number of piperidine rings is 1. The maximum Gasteiger partial charge on any atom is 0.340 e. The molecular formula is C86H127N3O22. The average Bonchev–Trinajstić information content (AvgIpc) is 1.67. The largest absolute Gasteiger partial charge is 0.504 e. The van der Waals surface area contributed by atoms with Crippen molar-refractivity contribution in [1.82, 2.24) is 14.7 Å². The van der Waals surface area contributed by atoms with Crippen molar-refractivity contribution in [2.45, 2.75) is 271 Å². The zero-order valence-electron chi connectivity index (χ0n) is 68.7. The molecule has 3 N–H and O–H groups in total. The first kappa shape index (κ1) is 89.7. The molecule has 0 radical (unpaired) electrons. The number of amides is 1. The molecule has 25 heteroatoms. The molecule has 4 heterocycles. The van der Waals surface area contributed by atoms with Gasteiger partial charge < -0.3 is 72.7 Å². The fourth-order valence-corrected chi connectivity index (χ4v) is 18.3. The second kappa shape index (κ2) is 40.0. The third-order valence-corrected chi connectivity index (χ3v) is 25.2. The molecule has 0 aromatic carbocycles. The van der Waals surface area contributed by atoms with Crippen LogP contribution in [0.25, 0.3) is 0 Å². The number of ether oxygens (including phenoxy) is 9. The maximum atomic E-state index is 14.8. The van der Waals surface area contributed by atoms with Gasteiger partial charge >= 0.3 is 23.9 Å². The van der Waals surface area contributed by atoms with E-state index >= 15 is 0 Å². The number of fused-ring (bicyclic) bond motifs is 7. The second-order valence-electron chi connectivity index (χ2n) is 33.5. The number of aliphatic hydroxyl groups excluding tert-OH is 2. The minimum atomic E-state index is -2.50. The topological polar surface area (TPSA) is 324 Å². The van der Waals surface area contributed by atoms with Crippen LogP contribution in [0.3, 0.4) is 0 Å². The van der Waals surface area contributed by atoms with E-state index in [0.717, 1.165) is 5.57 Å². The van der Waals surface area contributed by atoms with Gasteiger partial charge in [0.2, 0.25) is 11.6 Å². The molecule has 5 fully saturated rings. The van der Waals surface area contributed by atoms with E-state index in [4.69, 9.17) is 42.6 Å². The highest BCUT2D eigenvalue weighted by Gasteiger charge is 2.65. The van der Waals surface area contributed by atoms with E-state index in [0.29, 0.717) is 121 Å². The van der Waals surface area contributed by atoms with Crippen molar-refractivity contribution in [3.8, 4) is 0 Å². The molecule has 0 aromatic rings. The lowest BCUT2D eigenvalue weighted by Gasteiger charge is -2.53. The predicted octanol–water partition coefficient (Wildman–Crippen LogP) is 10.4. The predicted molar refractivity (Wildman–Crippen MR) is 412 cm³/mol. The number of nitrogens with zero attached hydrogens (tertiary/aromatic N) is 3. The number of cyclic esters (lactones) is 2. The van der Waals surface area contributed by atoms with Gasteiger partial charge in [0.15, 0.2) is 11.5 Å². The smallest absolute Gasteiger partial charge is 0.340 e. The Balaban J connectivity index is 0.913. The van der Waals surface area contributed by atoms with E-state index in [9.17, 15) is 63.3 Å². The first-order chi connectivity index (χ1) is 52.6. The van der Waals surface area contributed by atoms with Crippen LogP contribution < -0.4 is 0 Å². The van der Waals surface area contributed by atoms with E-state index in [1.807, 2.05) is 82.0 Å². The Morgan fingerprint density at radius 2 is 1.49 bits per heavy atom. The second-order valence-corrected chi connectivity index (χ2v) is 33.5. The minimum absolute atomic E-state index is 0.0109. The molecule has 8 aliphatic rings. The molecule has 1 amide bonds. The summed E-state index contributed by atoms with van der Waals surface area (Å²) < 4.78 is 54.5.